The summed E-state index contributed by atoms with van der Waals surface area (Å²) in [6.45, 7) is 0. The smallest absolute Gasteiger partial charge is 0.271 e. The number of allylic oxidation sites excluding steroid dienone is 1. The third kappa shape index (κ3) is 3.60. The van der Waals surface area contributed by atoms with Crippen LogP contribution in [0.25, 0.3) is 11.8 Å². The van der Waals surface area contributed by atoms with Gasteiger partial charge < -0.3 is 14.2 Å². The minimum atomic E-state index is -0.147. The lowest BCUT2D eigenvalue weighted by Crippen LogP contribution is -2.38. The molecule has 6 nitrogen and oxygen atoms in total. The van der Waals surface area contributed by atoms with Crippen molar-refractivity contribution in [1.82, 2.24) is 4.57 Å². The molecule has 0 radical (unpaired) electrons. The Balaban J connectivity index is 1.58. The largest absolute Gasteiger partial charge is 0.493 e. The van der Waals surface area contributed by atoms with Gasteiger partial charge in [-0.15, -0.1) is 11.3 Å². The molecule has 1 aliphatic heterocycles. The van der Waals surface area contributed by atoms with E-state index in [1.807, 2.05) is 28.8 Å². The molecule has 2 aromatic carbocycles. The number of methoxy groups -OCH3 is 3. The maximum absolute atomic E-state index is 13.9. The van der Waals surface area contributed by atoms with Crippen LogP contribution in [0.5, 0.6) is 17.2 Å². The number of aryl methyl sites for hydroxylation is 1. The van der Waals surface area contributed by atoms with Gasteiger partial charge in [-0.3, -0.25) is 9.36 Å². The first-order valence-electron chi connectivity index (χ1n) is 11.6. The average Bonchev–Trinajstić information content (AvgIpc) is 3.55. The van der Waals surface area contributed by atoms with Crippen LogP contribution in [0.2, 0.25) is 0 Å². The number of hydrogen-bond acceptors (Lipinski definition) is 7. The molecule has 36 heavy (non-hydrogen) atoms. The quantitative estimate of drug-likeness (QED) is 0.394. The first-order valence-corrected chi connectivity index (χ1v) is 13.3. The fourth-order valence-corrected chi connectivity index (χ4v) is 6.90. The van der Waals surface area contributed by atoms with Crippen LogP contribution < -0.4 is 29.1 Å². The molecular formula is C28H24N2O4S2. The standard InChI is InChI=1S/C28H24N2O4S2/c1-32-20-13-16(14-21(33-2)26(20)34-3)15-23-27(31)30-25(22-9-6-12-35-22)19-11-10-17-7-4-5-8-18(17)24(19)29-28(30)36-23/h4-9,12-15,25H,10-11H2,1-3H3/b23-15+/t25-/m1/s1. The number of aromatic nitrogens is 1. The summed E-state index contributed by atoms with van der Waals surface area (Å²) in [6.07, 6.45) is 3.70. The molecule has 0 unspecified atom stereocenters. The van der Waals surface area contributed by atoms with E-state index in [2.05, 4.69) is 35.7 Å². The number of thiophene rings is 1. The predicted molar refractivity (Wildman–Crippen MR) is 143 cm³/mol. The van der Waals surface area contributed by atoms with Gasteiger partial charge in [0.05, 0.1) is 37.6 Å². The Morgan fingerprint density at radius 1 is 1.00 bits per heavy atom. The maximum atomic E-state index is 13.9. The minimum Gasteiger partial charge on any atom is -0.493 e. The Kier molecular flexibility index (Phi) is 5.78. The molecule has 0 N–H and O–H groups in total. The van der Waals surface area contributed by atoms with Crippen molar-refractivity contribution in [2.24, 2.45) is 4.99 Å². The summed E-state index contributed by atoms with van der Waals surface area (Å²) in [5, 5.41) is 2.07. The molecule has 1 aliphatic carbocycles. The molecule has 2 aromatic heterocycles. The Bertz CT molecular complexity index is 1650. The third-order valence-electron chi connectivity index (χ3n) is 6.67. The Morgan fingerprint density at radius 2 is 1.78 bits per heavy atom. The molecule has 0 spiro atoms. The molecule has 1 atom stereocenters. The van der Waals surface area contributed by atoms with E-state index in [-0.39, 0.29) is 11.6 Å². The summed E-state index contributed by atoms with van der Waals surface area (Å²) in [4.78, 5) is 20.8. The second kappa shape index (κ2) is 9.11. The van der Waals surface area contributed by atoms with Crippen LogP contribution >= 0.6 is 22.7 Å². The average molecular weight is 517 g/mol. The zero-order chi connectivity index (χ0) is 24.8. The highest BCUT2D eigenvalue weighted by atomic mass is 32.1. The van der Waals surface area contributed by atoms with Gasteiger partial charge in [-0.1, -0.05) is 41.7 Å². The van der Waals surface area contributed by atoms with Crippen molar-refractivity contribution in [3.63, 3.8) is 0 Å². The second-order valence-corrected chi connectivity index (χ2v) is 10.6. The lowest BCUT2D eigenvalue weighted by Gasteiger charge is -2.30. The summed E-state index contributed by atoms with van der Waals surface area (Å²) >= 11 is 3.09. The minimum absolute atomic E-state index is 0.0451. The van der Waals surface area contributed by atoms with Crippen molar-refractivity contribution in [1.29, 1.82) is 0 Å². The lowest BCUT2D eigenvalue weighted by atomic mass is 9.85. The van der Waals surface area contributed by atoms with Gasteiger partial charge in [0, 0.05) is 10.4 Å². The fraction of sp³-hybridized carbons (Fsp3) is 0.214. The van der Waals surface area contributed by atoms with E-state index in [1.165, 1.54) is 28.0 Å². The molecule has 6 rings (SSSR count). The molecule has 0 bridgehead atoms. The van der Waals surface area contributed by atoms with Crippen molar-refractivity contribution >= 4 is 34.4 Å². The number of rotatable bonds is 5. The fourth-order valence-electron chi connectivity index (χ4n) is 5.05. The van der Waals surface area contributed by atoms with E-state index >= 15 is 0 Å². The molecule has 182 valence electrons. The van der Waals surface area contributed by atoms with Crippen molar-refractivity contribution in [2.75, 3.05) is 21.3 Å². The summed E-state index contributed by atoms with van der Waals surface area (Å²) in [7, 11) is 4.74. The van der Waals surface area contributed by atoms with Gasteiger partial charge in [0.1, 0.15) is 0 Å². The molecule has 8 heteroatoms. The van der Waals surface area contributed by atoms with Gasteiger partial charge in [-0.2, -0.15) is 0 Å². The van der Waals surface area contributed by atoms with Crippen LogP contribution in [0.3, 0.4) is 0 Å². The monoisotopic (exact) mass is 516 g/mol. The van der Waals surface area contributed by atoms with Crippen LogP contribution in [0.4, 0.5) is 0 Å². The van der Waals surface area contributed by atoms with Crippen LogP contribution in [0.1, 0.15) is 34.0 Å². The summed E-state index contributed by atoms with van der Waals surface area (Å²) in [6, 6.07) is 16.2. The molecule has 0 saturated carbocycles. The second-order valence-electron chi connectivity index (χ2n) is 8.59. The summed E-state index contributed by atoms with van der Waals surface area (Å²) < 4.78 is 18.9. The topological polar surface area (TPSA) is 62.1 Å². The lowest BCUT2D eigenvalue weighted by molar-refractivity contribution is 0.324. The highest BCUT2D eigenvalue weighted by Gasteiger charge is 2.33. The van der Waals surface area contributed by atoms with Crippen molar-refractivity contribution < 1.29 is 14.2 Å². The number of nitrogens with zero attached hydrogens (tertiary/aromatic N) is 2. The van der Waals surface area contributed by atoms with E-state index in [0.29, 0.717) is 26.6 Å². The molecule has 3 heterocycles. The molecule has 0 saturated heterocycles. The van der Waals surface area contributed by atoms with Gasteiger partial charge in [-0.25, -0.2) is 4.99 Å². The van der Waals surface area contributed by atoms with Gasteiger partial charge in [-0.05, 0) is 59.2 Å². The number of thiazole rings is 1. The van der Waals surface area contributed by atoms with E-state index in [9.17, 15) is 4.79 Å². The predicted octanol–water partition coefficient (Wildman–Crippen LogP) is 4.41. The zero-order valence-corrected chi connectivity index (χ0v) is 21.7. The molecule has 4 aromatic rings. The highest BCUT2D eigenvalue weighted by Crippen LogP contribution is 2.42. The number of hydrogen-bond donors (Lipinski definition) is 0. The summed E-state index contributed by atoms with van der Waals surface area (Å²) in [5.41, 5.74) is 5.44. The molecule has 0 fully saturated rings. The van der Waals surface area contributed by atoms with E-state index in [0.717, 1.165) is 29.0 Å². The number of fused-ring (bicyclic) bond motifs is 3. The highest BCUT2D eigenvalue weighted by molar-refractivity contribution is 7.10. The SMILES string of the molecule is COc1cc(/C=c2/sc3n(c2=O)[C@@H](c2cccs2)C2=C(N=3)c3ccccc3CC2)cc(OC)c1OC. The van der Waals surface area contributed by atoms with Gasteiger partial charge in [0.15, 0.2) is 16.3 Å². The Hall–Kier alpha value is -3.62. The Labute approximate surface area is 216 Å². The van der Waals surface area contributed by atoms with E-state index < -0.39 is 0 Å². The van der Waals surface area contributed by atoms with Gasteiger partial charge in [0.25, 0.3) is 5.56 Å². The third-order valence-corrected chi connectivity index (χ3v) is 8.58. The molecule has 0 amide bonds. The first kappa shape index (κ1) is 22.8. The van der Waals surface area contributed by atoms with Crippen molar-refractivity contribution in [3.8, 4) is 17.2 Å². The van der Waals surface area contributed by atoms with E-state index in [1.54, 1.807) is 32.7 Å². The summed E-state index contributed by atoms with van der Waals surface area (Å²) in [5.74, 6) is 1.60. The van der Waals surface area contributed by atoms with Crippen LogP contribution in [0.15, 0.2) is 69.3 Å². The van der Waals surface area contributed by atoms with Crippen molar-refractivity contribution in [2.45, 2.75) is 18.9 Å². The first-order chi connectivity index (χ1) is 17.6. The van der Waals surface area contributed by atoms with Crippen LogP contribution in [0, 0.1) is 0 Å². The number of benzene rings is 2. The Morgan fingerprint density at radius 3 is 2.47 bits per heavy atom. The normalized spacial score (nSPS) is 16.6. The van der Waals surface area contributed by atoms with Gasteiger partial charge >= 0.3 is 0 Å². The zero-order valence-electron chi connectivity index (χ0n) is 20.1. The number of ether oxygens (including phenoxy) is 3. The maximum Gasteiger partial charge on any atom is 0.271 e. The van der Waals surface area contributed by atoms with Gasteiger partial charge in [0.2, 0.25) is 5.75 Å². The van der Waals surface area contributed by atoms with E-state index in [4.69, 9.17) is 19.2 Å². The van der Waals surface area contributed by atoms with Crippen LogP contribution in [-0.2, 0) is 6.42 Å². The van der Waals surface area contributed by atoms with Crippen molar-refractivity contribution in [3.05, 3.63) is 101 Å². The van der Waals surface area contributed by atoms with Crippen LogP contribution in [-0.4, -0.2) is 25.9 Å². The molecule has 2 aliphatic rings. The molecular weight excluding hydrogens is 492 g/mol.